The number of H-pyrrole nitrogens is 1. The van der Waals surface area contributed by atoms with Gasteiger partial charge in [0.1, 0.15) is 17.1 Å². The number of alkyl halides is 3. The predicted molar refractivity (Wildman–Crippen MR) is 126 cm³/mol. The number of fused-ring (bicyclic) bond motifs is 3. The molecule has 5 rings (SSSR count). The van der Waals surface area contributed by atoms with Crippen molar-refractivity contribution in [3.05, 3.63) is 60.3 Å². The van der Waals surface area contributed by atoms with Gasteiger partial charge >= 0.3 is 6.18 Å². The molecule has 0 spiro atoms. The summed E-state index contributed by atoms with van der Waals surface area (Å²) >= 11 is 0. The van der Waals surface area contributed by atoms with Crippen molar-refractivity contribution >= 4 is 27.6 Å². The summed E-state index contributed by atoms with van der Waals surface area (Å²) in [4.78, 5) is 16.0. The molecule has 5 aromatic rings. The average molecular weight is 499 g/mol. The number of aromatic nitrogens is 6. The first-order valence-corrected chi connectivity index (χ1v) is 11.0. The molecular formula is C24H21F4N7O. The molecule has 0 aliphatic rings. The number of halogens is 4. The van der Waals surface area contributed by atoms with Crippen LogP contribution in [-0.2, 0) is 11.8 Å². The third-order valence-electron chi connectivity index (χ3n) is 5.65. The van der Waals surface area contributed by atoms with Crippen LogP contribution < -0.4 is 5.32 Å². The Kier molecular flexibility index (Phi) is 5.43. The molecule has 0 saturated heterocycles. The molecule has 0 bridgehead atoms. The molecule has 0 radical (unpaired) electrons. The molecular weight excluding hydrogens is 478 g/mol. The standard InChI is InChI=1S/C24H21F4N7O/c1-4-29-16-8-13(25)7-14-18-20(35-6-5-17(34-35)24(26,27)28)15(11-30-21(18)33-19(14)16)12-9-31-22(32-10-12)23(2,3)36/h5-11,29,36H,4H2,1-3H3,(H,30,33). The van der Waals surface area contributed by atoms with Crippen molar-refractivity contribution in [2.24, 2.45) is 0 Å². The Balaban J connectivity index is 1.84. The Morgan fingerprint density at radius 1 is 1.08 bits per heavy atom. The summed E-state index contributed by atoms with van der Waals surface area (Å²) in [5.74, 6) is -0.352. The Hall–Kier alpha value is -4.06. The maximum atomic E-state index is 14.6. The molecule has 3 N–H and O–H groups in total. The second-order valence-corrected chi connectivity index (χ2v) is 8.77. The van der Waals surface area contributed by atoms with E-state index in [0.29, 0.717) is 45.3 Å². The number of aromatic amines is 1. The van der Waals surface area contributed by atoms with Crippen molar-refractivity contribution in [3.63, 3.8) is 0 Å². The quantitative estimate of drug-likeness (QED) is 0.288. The maximum Gasteiger partial charge on any atom is 0.435 e. The molecule has 0 fully saturated rings. The second kappa shape index (κ2) is 8.26. The van der Waals surface area contributed by atoms with Crippen LogP contribution in [0.3, 0.4) is 0 Å². The monoisotopic (exact) mass is 499 g/mol. The molecule has 186 valence electrons. The molecule has 12 heteroatoms. The number of hydrogen-bond acceptors (Lipinski definition) is 6. The highest BCUT2D eigenvalue weighted by molar-refractivity contribution is 6.15. The second-order valence-electron chi connectivity index (χ2n) is 8.77. The van der Waals surface area contributed by atoms with Gasteiger partial charge in [-0.05, 0) is 39.0 Å². The fraction of sp³-hybridized carbons (Fsp3) is 0.250. The molecule has 0 amide bonds. The van der Waals surface area contributed by atoms with E-state index in [0.717, 1.165) is 10.7 Å². The molecule has 0 aliphatic heterocycles. The highest BCUT2D eigenvalue weighted by Gasteiger charge is 2.34. The first-order chi connectivity index (χ1) is 17.0. The molecule has 4 aromatic heterocycles. The summed E-state index contributed by atoms with van der Waals surface area (Å²) in [6, 6.07) is 3.50. The van der Waals surface area contributed by atoms with Gasteiger partial charge in [-0.2, -0.15) is 18.3 Å². The maximum absolute atomic E-state index is 14.6. The highest BCUT2D eigenvalue weighted by atomic mass is 19.4. The molecule has 36 heavy (non-hydrogen) atoms. The Morgan fingerprint density at radius 2 is 1.81 bits per heavy atom. The number of benzene rings is 1. The van der Waals surface area contributed by atoms with Crippen LogP contribution in [-0.4, -0.2) is 41.4 Å². The van der Waals surface area contributed by atoms with Crippen LogP contribution in [0.4, 0.5) is 23.2 Å². The van der Waals surface area contributed by atoms with Crippen molar-refractivity contribution in [1.82, 2.24) is 29.7 Å². The first kappa shape index (κ1) is 23.7. The minimum Gasteiger partial charge on any atom is -0.384 e. The molecule has 0 unspecified atom stereocenters. The zero-order valence-corrected chi connectivity index (χ0v) is 19.4. The third-order valence-corrected chi connectivity index (χ3v) is 5.65. The SMILES string of the molecule is CCNc1cc(F)cc2c1[nH]c1ncc(-c3cnc(C(C)(C)O)nc3)c(-n3ccc(C(F)(F)F)n3)c12. The van der Waals surface area contributed by atoms with E-state index in [9.17, 15) is 22.7 Å². The minimum atomic E-state index is -4.65. The molecule has 0 atom stereocenters. The van der Waals surface area contributed by atoms with Gasteiger partial charge in [-0.25, -0.2) is 24.0 Å². The number of anilines is 1. The highest BCUT2D eigenvalue weighted by Crippen LogP contribution is 2.39. The van der Waals surface area contributed by atoms with Crippen molar-refractivity contribution in [3.8, 4) is 16.8 Å². The smallest absolute Gasteiger partial charge is 0.384 e. The van der Waals surface area contributed by atoms with Crippen molar-refractivity contribution in [2.75, 3.05) is 11.9 Å². The van der Waals surface area contributed by atoms with E-state index < -0.39 is 23.3 Å². The van der Waals surface area contributed by atoms with Crippen LogP contribution in [0.2, 0.25) is 0 Å². The third kappa shape index (κ3) is 4.02. The zero-order chi connectivity index (χ0) is 25.8. The van der Waals surface area contributed by atoms with Crippen molar-refractivity contribution in [1.29, 1.82) is 0 Å². The number of nitrogens with one attached hydrogen (secondary N) is 2. The van der Waals surface area contributed by atoms with E-state index in [1.54, 1.807) is 0 Å². The minimum absolute atomic E-state index is 0.171. The number of hydrogen-bond donors (Lipinski definition) is 3. The van der Waals surface area contributed by atoms with Gasteiger partial charge in [0, 0.05) is 47.8 Å². The Labute approximate surface area is 202 Å². The fourth-order valence-electron chi connectivity index (χ4n) is 4.07. The first-order valence-electron chi connectivity index (χ1n) is 11.0. The van der Waals surface area contributed by atoms with Gasteiger partial charge in [0.05, 0.1) is 22.3 Å². The number of pyridine rings is 1. The number of rotatable bonds is 5. The molecule has 0 saturated carbocycles. The van der Waals surface area contributed by atoms with Gasteiger partial charge in [-0.3, -0.25) is 0 Å². The van der Waals surface area contributed by atoms with Crippen LogP contribution in [0, 0.1) is 5.82 Å². The molecule has 4 heterocycles. The van der Waals surface area contributed by atoms with Gasteiger partial charge in [0.2, 0.25) is 0 Å². The lowest BCUT2D eigenvalue weighted by molar-refractivity contribution is -0.141. The predicted octanol–water partition coefficient (Wildman–Crippen LogP) is 5.18. The summed E-state index contributed by atoms with van der Waals surface area (Å²) in [6.45, 7) is 5.46. The molecule has 0 aliphatic carbocycles. The lowest BCUT2D eigenvalue weighted by Crippen LogP contribution is -2.19. The molecule has 8 nitrogen and oxygen atoms in total. The van der Waals surface area contributed by atoms with Crippen LogP contribution in [0.15, 0.2) is 43.0 Å². The van der Waals surface area contributed by atoms with Gasteiger partial charge in [-0.1, -0.05) is 0 Å². The average Bonchev–Trinajstić information content (AvgIpc) is 3.44. The summed E-state index contributed by atoms with van der Waals surface area (Å²) in [6.07, 6.45) is 0.893. The van der Waals surface area contributed by atoms with E-state index in [1.165, 1.54) is 50.8 Å². The van der Waals surface area contributed by atoms with Gasteiger partial charge < -0.3 is 15.4 Å². The zero-order valence-electron chi connectivity index (χ0n) is 19.4. The Bertz CT molecular complexity index is 1580. The van der Waals surface area contributed by atoms with E-state index >= 15 is 0 Å². The van der Waals surface area contributed by atoms with Crippen molar-refractivity contribution < 1.29 is 22.7 Å². The van der Waals surface area contributed by atoms with Crippen LogP contribution in [0.1, 0.15) is 32.3 Å². The van der Waals surface area contributed by atoms with Crippen LogP contribution in [0.5, 0.6) is 0 Å². The number of nitrogens with zero attached hydrogens (tertiary/aromatic N) is 5. The summed E-state index contributed by atoms with van der Waals surface area (Å²) < 4.78 is 55.9. The van der Waals surface area contributed by atoms with E-state index in [2.05, 4.69) is 30.4 Å². The van der Waals surface area contributed by atoms with Crippen molar-refractivity contribution in [2.45, 2.75) is 32.5 Å². The van der Waals surface area contributed by atoms with E-state index in [1.807, 2.05) is 6.92 Å². The van der Waals surface area contributed by atoms with Crippen LogP contribution in [0.25, 0.3) is 38.8 Å². The fourth-order valence-corrected chi connectivity index (χ4v) is 4.07. The topological polar surface area (TPSA) is 105 Å². The van der Waals surface area contributed by atoms with Gasteiger partial charge in [-0.15, -0.1) is 0 Å². The largest absolute Gasteiger partial charge is 0.435 e. The Morgan fingerprint density at radius 3 is 2.42 bits per heavy atom. The normalized spacial score (nSPS) is 12.6. The summed E-state index contributed by atoms with van der Waals surface area (Å²) in [5, 5.41) is 17.8. The van der Waals surface area contributed by atoms with E-state index in [-0.39, 0.29) is 11.5 Å². The molecule has 1 aromatic carbocycles. The van der Waals surface area contributed by atoms with E-state index in [4.69, 9.17) is 0 Å². The van der Waals surface area contributed by atoms with Gasteiger partial charge in [0.25, 0.3) is 0 Å². The lowest BCUT2D eigenvalue weighted by Gasteiger charge is -2.16. The van der Waals surface area contributed by atoms with Gasteiger partial charge in [0.15, 0.2) is 11.5 Å². The van der Waals surface area contributed by atoms with Crippen LogP contribution >= 0.6 is 0 Å². The summed E-state index contributed by atoms with van der Waals surface area (Å²) in [7, 11) is 0. The summed E-state index contributed by atoms with van der Waals surface area (Å²) in [5.41, 5.74) is 0.0612. The number of aliphatic hydroxyl groups is 1. The lowest BCUT2D eigenvalue weighted by atomic mass is 10.0.